The molecule has 2 N–H and O–H groups in total. The number of carbonyl (C=O) groups excluding carboxylic acids is 3. The van der Waals surface area contributed by atoms with Crippen LogP contribution in [0.4, 0.5) is 5.69 Å². The molecule has 1 aromatic carbocycles. The Hall–Kier alpha value is -3.81. The van der Waals surface area contributed by atoms with Crippen LogP contribution in [0.2, 0.25) is 0 Å². The normalized spacial score (nSPS) is 15.9. The predicted octanol–water partition coefficient (Wildman–Crippen LogP) is 2.79. The molecule has 1 aliphatic rings. The van der Waals surface area contributed by atoms with Gasteiger partial charge in [-0.05, 0) is 42.0 Å². The molecule has 3 amide bonds. The minimum absolute atomic E-state index is 0.0526. The van der Waals surface area contributed by atoms with Gasteiger partial charge < -0.3 is 24.4 Å². The Morgan fingerprint density at radius 2 is 1.80 bits per heavy atom. The molecule has 0 saturated carbocycles. The largest absolute Gasteiger partial charge is 0.467 e. The van der Waals surface area contributed by atoms with Crippen molar-refractivity contribution in [3.05, 3.63) is 78.1 Å². The molecule has 154 valence electrons. The molecule has 0 aliphatic carbocycles. The molecule has 8 heteroatoms. The molecule has 1 saturated heterocycles. The highest BCUT2D eigenvalue weighted by atomic mass is 16.3. The minimum Gasteiger partial charge on any atom is -0.467 e. The highest BCUT2D eigenvalue weighted by molar-refractivity contribution is 6.02. The van der Waals surface area contributed by atoms with Crippen LogP contribution >= 0.6 is 0 Å². The van der Waals surface area contributed by atoms with Crippen molar-refractivity contribution in [1.82, 2.24) is 10.2 Å². The van der Waals surface area contributed by atoms with Crippen molar-refractivity contribution in [3.8, 4) is 0 Å². The molecule has 0 radical (unpaired) electrons. The van der Waals surface area contributed by atoms with Crippen LogP contribution in [-0.4, -0.2) is 29.2 Å². The van der Waals surface area contributed by atoms with Gasteiger partial charge in [-0.1, -0.05) is 12.1 Å². The van der Waals surface area contributed by atoms with Crippen molar-refractivity contribution in [1.29, 1.82) is 0 Å². The third-order valence-corrected chi connectivity index (χ3v) is 4.94. The SMILES string of the molecule is O=C(Nc1ccc(CNC(=O)C2CC(=O)N(Cc3ccco3)C2)cc1)c1ccco1. The van der Waals surface area contributed by atoms with E-state index in [-0.39, 0.29) is 35.8 Å². The van der Waals surface area contributed by atoms with Gasteiger partial charge in [0.25, 0.3) is 5.91 Å². The van der Waals surface area contributed by atoms with Crippen LogP contribution in [0.25, 0.3) is 0 Å². The van der Waals surface area contributed by atoms with E-state index >= 15 is 0 Å². The number of hydrogen-bond donors (Lipinski definition) is 2. The van der Waals surface area contributed by atoms with Crippen LogP contribution in [0.5, 0.6) is 0 Å². The summed E-state index contributed by atoms with van der Waals surface area (Å²) in [7, 11) is 0. The third kappa shape index (κ3) is 4.60. The number of likely N-dealkylation sites (tertiary alicyclic amines) is 1. The Morgan fingerprint density at radius 3 is 2.50 bits per heavy atom. The summed E-state index contributed by atoms with van der Waals surface area (Å²) in [5, 5.41) is 5.62. The maximum Gasteiger partial charge on any atom is 0.291 e. The van der Waals surface area contributed by atoms with Gasteiger partial charge in [0, 0.05) is 25.2 Å². The van der Waals surface area contributed by atoms with Gasteiger partial charge in [0.2, 0.25) is 11.8 Å². The molecule has 8 nitrogen and oxygen atoms in total. The van der Waals surface area contributed by atoms with E-state index in [4.69, 9.17) is 8.83 Å². The summed E-state index contributed by atoms with van der Waals surface area (Å²) in [6, 6.07) is 14.0. The van der Waals surface area contributed by atoms with Crippen LogP contribution in [0, 0.1) is 5.92 Å². The van der Waals surface area contributed by atoms with Crippen molar-refractivity contribution in [2.24, 2.45) is 5.92 Å². The summed E-state index contributed by atoms with van der Waals surface area (Å²) in [6.45, 7) is 1.10. The molecule has 1 unspecified atom stereocenters. The van der Waals surface area contributed by atoms with E-state index in [1.54, 1.807) is 47.6 Å². The molecule has 1 aliphatic heterocycles. The number of carbonyl (C=O) groups is 3. The van der Waals surface area contributed by atoms with Gasteiger partial charge in [-0.3, -0.25) is 14.4 Å². The molecule has 3 aromatic rings. The average molecular weight is 407 g/mol. The topological polar surface area (TPSA) is 105 Å². The molecule has 0 bridgehead atoms. The second-order valence-electron chi connectivity index (χ2n) is 7.10. The zero-order valence-electron chi connectivity index (χ0n) is 16.2. The molecule has 0 spiro atoms. The average Bonchev–Trinajstić information content (AvgIpc) is 3.51. The van der Waals surface area contributed by atoms with Crippen molar-refractivity contribution in [3.63, 3.8) is 0 Å². The smallest absolute Gasteiger partial charge is 0.291 e. The molecule has 1 fully saturated rings. The van der Waals surface area contributed by atoms with Gasteiger partial charge in [-0.15, -0.1) is 0 Å². The zero-order valence-corrected chi connectivity index (χ0v) is 16.2. The Bertz CT molecular complexity index is 1010. The summed E-state index contributed by atoms with van der Waals surface area (Å²) in [5.74, 6) is 0.0243. The van der Waals surface area contributed by atoms with E-state index in [0.29, 0.717) is 31.1 Å². The van der Waals surface area contributed by atoms with E-state index < -0.39 is 0 Å². The molecule has 1 atom stereocenters. The third-order valence-electron chi connectivity index (χ3n) is 4.94. The fourth-order valence-corrected chi connectivity index (χ4v) is 3.33. The van der Waals surface area contributed by atoms with Gasteiger partial charge >= 0.3 is 0 Å². The Balaban J connectivity index is 1.25. The first-order valence-electron chi connectivity index (χ1n) is 9.60. The number of nitrogens with zero attached hydrogens (tertiary/aromatic N) is 1. The number of amides is 3. The standard InChI is InChI=1S/C22H21N3O5/c26-20-11-16(13-25(20)14-18-3-1-9-29-18)21(27)23-12-15-5-7-17(8-6-15)24-22(28)19-4-2-10-30-19/h1-10,16H,11-14H2,(H,23,27)(H,24,28). The second-order valence-corrected chi connectivity index (χ2v) is 7.10. The van der Waals surface area contributed by atoms with Gasteiger partial charge in [-0.2, -0.15) is 0 Å². The number of rotatable bonds is 7. The summed E-state index contributed by atoms with van der Waals surface area (Å²) in [4.78, 5) is 38.3. The zero-order chi connectivity index (χ0) is 20.9. The number of hydrogen-bond acceptors (Lipinski definition) is 5. The quantitative estimate of drug-likeness (QED) is 0.627. The monoisotopic (exact) mass is 407 g/mol. The van der Waals surface area contributed by atoms with Crippen LogP contribution in [0.15, 0.2) is 69.9 Å². The second kappa shape index (κ2) is 8.69. The van der Waals surface area contributed by atoms with Gasteiger partial charge in [0.15, 0.2) is 5.76 Å². The molecule has 3 heterocycles. The molecule has 2 aromatic heterocycles. The molecule has 30 heavy (non-hydrogen) atoms. The van der Waals surface area contributed by atoms with Crippen LogP contribution in [0.3, 0.4) is 0 Å². The van der Waals surface area contributed by atoms with Crippen LogP contribution < -0.4 is 10.6 Å². The van der Waals surface area contributed by atoms with E-state index in [9.17, 15) is 14.4 Å². The number of furan rings is 2. The number of nitrogens with one attached hydrogen (secondary N) is 2. The lowest BCUT2D eigenvalue weighted by Crippen LogP contribution is -2.32. The summed E-state index contributed by atoms with van der Waals surface area (Å²) < 4.78 is 10.3. The van der Waals surface area contributed by atoms with Crippen molar-refractivity contribution < 1.29 is 23.2 Å². The van der Waals surface area contributed by atoms with Gasteiger partial charge in [-0.25, -0.2) is 0 Å². The maximum atomic E-state index is 12.5. The Morgan fingerprint density at radius 1 is 1.03 bits per heavy atom. The lowest BCUT2D eigenvalue weighted by Gasteiger charge is -2.15. The molecular weight excluding hydrogens is 386 g/mol. The lowest BCUT2D eigenvalue weighted by atomic mass is 10.1. The fourth-order valence-electron chi connectivity index (χ4n) is 3.33. The van der Waals surface area contributed by atoms with Crippen molar-refractivity contribution in [2.75, 3.05) is 11.9 Å². The molecule has 4 rings (SSSR count). The number of anilines is 1. The van der Waals surface area contributed by atoms with Crippen molar-refractivity contribution in [2.45, 2.75) is 19.5 Å². The van der Waals surface area contributed by atoms with Crippen LogP contribution in [0.1, 0.15) is 28.3 Å². The van der Waals surface area contributed by atoms with E-state index in [0.717, 1.165) is 5.56 Å². The highest BCUT2D eigenvalue weighted by Crippen LogP contribution is 2.21. The molecular formula is C22H21N3O5. The Labute approximate surface area is 172 Å². The van der Waals surface area contributed by atoms with Crippen LogP contribution in [-0.2, 0) is 22.7 Å². The summed E-state index contributed by atoms with van der Waals surface area (Å²) in [5.41, 5.74) is 1.51. The van der Waals surface area contributed by atoms with E-state index in [2.05, 4.69) is 10.6 Å². The van der Waals surface area contributed by atoms with Gasteiger partial charge in [0.05, 0.1) is 25.0 Å². The fraction of sp³-hybridized carbons (Fsp3) is 0.227. The van der Waals surface area contributed by atoms with Crippen molar-refractivity contribution >= 4 is 23.4 Å². The van der Waals surface area contributed by atoms with Gasteiger partial charge in [0.1, 0.15) is 5.76 Å². The predicted molar refractivity (Wildman–Crippen MR) is 107 cm³/mol. The lowest BCUT2D eigenvalue weighted by molar-refractivity contribution is -0.129. The maximum absolute atomic E-state index is 12.5. The summed E-state index contributed by atoms with van der Waals surface area (Å²) in [6.07, 6.45) is 3.20. The highest BCUT2D eigenvalue weighted by Gasteiger charge is 2.34. The first-order chi connectivity index (χ1) is 14.6. The first-order valence-corrected chi connectivity index (χ1v) is 9.60. The van der Waals surface area contributed by atoms with E-state index in [1.165, 1.54) is 6.26 Å². The summed E-state index contributed by atoms with van der Waals surface area (Å²) >= 11 is 0. The minimum atomic E-state index is -0.376. The Kier molecular flexibility index (Phi) is 5.65. The first kappa shape index (κ1) is 19.5. The van der Waals surface area contributed by atoms with E-state index in [1.807, 2.05) is 12.1 Å². The number of benzene rings is 1.